The monoisotopic (exact) mass is 273 g/mol. The van der Waals surface area contributed by atoms with Crippen LogP contribution in [0.3, 0.4) is 0 Å². The maximum absolute atomic E-state index is 11.1. The van der Waals surface area contributed by atoms with Gasteiger partial charge in [0.05, 0.1) is 5.75 Å². The highest BCUT2D eigenvalue weighted by Crippen LogP contribution is 2.23. The van der Waals surface area contributed by atoms with Crippen LogP contribution < -0.4 is 0 Å². The molecule has 17 heavy (non-hydrogen) atoms. The Labute approximate surface area is 103 Å². The molecule has 0 bridgehead atoms. The molecule has 2 rings (SSSR count). The van der Waals surface area contributed by atoms with Gasteiger partial charge in [-0.15, -0.1) is 0 Å². The molecule has 92 valence electrons. The first-order valence-corrected chi connectivity index (χ1v) is 7.48. The number of thiophene rings is 1. The Hall–Kier alpha value is -1.18. The Bertz CT molecular complexity index is 571. The average Bonchev–Trinajstić information content (AvgIpc) is 2.97. The summed E-state index contributed by atoms with van der Waals surface area (Å²) in [6, 6.07) is 3.58. The fourth-order valence-corrected chi connectivity index (χ4v) is 2.27. The summed E-state index contributed by atoms with van der Waals surface area (Å²) in [7, 11) is -3.44. The van der Waals surface area contributed by atoms with Crippen molar-refractivity contribution in [2.24, 2.45) is 0 Å². The first kappa shape index (κ1) is 12.3. The van der Waals surface area contributed by atoms with Crippen LogP contribution >= 0.6 is 11.3 Å². The van der Waals surface area contributed by atoms with Gasteiger partial charge >= 0.3 is 0 Å². The van der Waals surface area contributed by atoms with Crippen molar-refractivity contribution in [2.75, 3.05) is 5.75 Å². The third-order valence-electron chi connectivity index (χ3n) is 2.10. The van der Waals surface area contributed by atoms with Crippen molar-refractivity contribution in [3.63, 3.8) is 0 Å². The van der Waals surface area contributed by atoms with E-state index in [1.54, 1.807) is 17.4 Å². The molecule has 2 heterocycles. The smallest absolute Gasteiger partial charge is 0.267 e. The Morgan fingerprint density at radius 1 is 1.53 bits per heavy atom. The fraction of sp³-hybridized carbons (Fsp3) is 0.300. The van der Waals surface area contributed by atoms with Crippen molar-refractivity contribution in [3.8, 4) is 11.3 Å². The molecule has 0 aromatic carbocycles. The lowest BCUT2D eigenvalue weighted by molar-refractivity contribution is 0.294. The van der Waals surface area contributed by atoms with E-state index in [1.165, 1.54) is 6.92 Å². The predicted octanol–water partition coefficient (Wildman–Crippen LogP) is 2.27. The summed E-state index contributed by atoms with van der Waals surface area (Å²) in [6.45, 7) is 1.43. The maximum Gasteiger partial charge on any atom is 0.267 e. The van der Waals surface area contributed by atoms with Gasteiger partial charge in [-0.2, -0.15) is 19.8 Å². The fourth-order valence-electron chi connectivity index (χ4n) is 1.15. The van der Waals surface area contributed by atoms with Crippen molar-refractivity contribution < 1.29 is 17.1 Å². The minimum absolute atomic E-state index is 0.0533. The van der Waals surface area contributed by atoms with Gasteiger partial charge in [0, 0.05) is 17.0 Å². The van der Waals surface area contributed by atoms with Crippen molar-refractivity contribution >= 4 is 21.5 Å². The van der Waals surface area contributed by atoms with Crippen molar-refractivity contribution in [1.29, 1.82) is 0 Å². The van der Waals surface area contributed by atoms with Gasteiger partial charge in [0.1, 0.15) is 12.3 Å². The third kappa shape index (κ3) is 3.15. The predicted molar refractivity (Wildman–Crippen MR) is 64.1 cm³/mol. The van der Waals surface area contributed by atoms with Crippen molar-refractivity contribution in [2.45, 2.75) is 13.5 Å². The minimum Gasteiger partial charge on any atom is -0.356 e. The van der Waals surface area contributed by atoms with Gasteiger partial charge in [-0.05, 0) is 18.4 Å². The van der Waals surface area contributed by atoms with Crippen LogP contribution in [-0.4, -0.2) is 19.3 Å². The van der Waals surface area contributed by atoms with Gasteiger partial charge < -0.3 is 4.52 Å². The van der Waals surface area contributed by atoms with E-state index >= 15 is 0 Å². The Balaban J connectivity index is 2.05. The zero-order chi connectivity index (χ0) is 12.3. The first-order chi connectivity index (χ1) is 8.11. The van der Waals surface area contributed by atoms with E-state index < -0.39 is 10.1 Å². The number of hydrogen-bond acceptors (Lipinski definition) is 6. The molecule has 0 atom stereocenters. The molecule has 0 saturated carbocycles. The molecule has 0 aliphatic carbocycles. The zero-order valence-electron chi connectivity index (χ0n) is 9.12. The highest BCUT2D eigenvalue weighted by atomic mass is 32.2. The van der Waals surface area contributed by atoms with Gasteiger partial charge in [0.15, 0.2) is 5.76 Å². The molecule has 2 aromatic rings. The molecule has 0 N–H and O–H groups in total. The topological polar surface area (TPSA) is 69.4 Å². The van der Waals surface area contributed by atoms with Gasteiger partial charge in [-0.25, -0.2) is 0 Å². The molecule has 2 aromatic heterocycles. The Kier molecular flexibility index (Phi) is 3.60. The third-order valence-corrected chi connectivity index (χ3v) is 3.97. The van der Waals surface area contributed by atoms with Gasteiger partial charge in [0.2, 0.25) is 0 Å². The van der Waals surface area contributed by atoms with Crippen molar-refractivity contribution in [1.82, 2.24) is 5.16 Å². The number of aromatic nitrogens is 1. The lowest BCUT2D eigenvalue weighted by Gasteiger charge is -1.98. The van der Waals surface area contributed by atoms with Crippen molar-refractivity contribution in [3.05, 3.63) is 28.6 Å². The number of hydrogen-bond donors (Lipinski definition) is 0. The van der Waals surface area contributed by atoms with Crippen LogP contribution in [0.2, 0.25) is 0 Å². The van der Waals surface area contributed by atoms with E-state index in [1.807, 2.05) is 16.8 Å². The van der Waals surface area contributed by atoms with E-state index in [-0.39, 0.29) is 12.4 Å². The summed E-state index contributed by atoms with van der Waals surface area (Å²) >= 11 is 1.55. The second-order valence-corrected chi connectivity index (χ2v) is 6.01. The maximum atomic E-state index is 11.1. The van der Waals surface area contributed by atoms with Gasteiger partial charge in [-0.1, -0.05) is 5.16 Å². The minimum atomic E-state index is -3.44. The molecule has 0 unspecified atom stereocenters. The largest absolute Gasteiger partial charge is 0.356 e. The molecule has 0 saturated heterocycles. The van der Waals surface area contributed by atoms with Crippen LogP contribution in [0.1, 0.15) is 12.6 Å². The highest BCUT2D eigenvalue weighted by Gasteiger charge is 2.11. The lowest BCUT2D eigenvalue weighted by Crippen LogP contribution is -2.07. The summed E-state index contributed by atoms with van der Waals surface area (Å²) in [5, 5.41) is 7.60. The lowest BCUT2D eigenvalue weighted by atomic mass is 10.2. The molecule has 0 aliphatic rings. The second kappa shape index (κ2) is 4.99. The second-order valence-electron chi connectivity index (χ2n) is 3.30. The summed E-state index contributed by atoms with van der Waals surface area (Å²) in [4.78, 5) is 0. The first-order valence-electron chi connectivity index (χ1n) is 4.96. The van der Waals surface area contributed by atoms with Crippen LogP contribution in [0.4, 0.5) is 0 Å². The van der Waals surface area contributed by atoms with E-state index in [0.717, 1.165) is 5.56 Å². The summed E-state index contributed by atoms with van der Waals surface area (Å²) < 4.78 is 32.1. The number of nitrogens with zero attached hydrogens (tertiary/aromatic N) is 1. The van der Waals surface area contributed by atoms with E-state index in [4.69, 9.17) is 8.71 Å². The van der Waals surface area contributed by atoms with Crippen LogP contribution in [0.15, 0.2) is 27.4 Å². The molecular formula is C10H11NO4S2. The average molecular weight is 273 g/mol. The summed E-state index contributed by atoms with van der Waals surface area (Å²) in [5.74, 6) is 0.557. The van der Waals surface area contributed by atoms with Gasteiger partial charge in [-0.3, -0.25) is 4.18 Å². The van der Waals surface area contributed by atoms with E-state index in [9.17, 15) is 8.42 Å². The van der Waals surface area contributed by atoms with Crippen LogP contribution in [0, 0.1) is 0 Å². The molecule has 0 spiro atoms. The molecule has 0 fully saturated rings. The molecule has 0 radical (unpaired) electrons. The Morgan fingerprint density at radius 3 is 3.00 bits per heavy atom. The van der Waals surface area contributed by atoms with Crippen LogP contribution in [0.5, 0.6) is 0 Å². The Morgan fingerprint density at radius 2 is 2.35 bits per heavy atom. The number of rotatable bonds is 5. The molecular weight excluding hydrogens is 262 g/mol. The quantitative estimate of drug-likeness (QED) is 0.782. The molecule has 0 amide bonds. The SMILES string of the molecule is CCS(=O)(=O)OCc1cc(-c2ccsc2)on1. The normalized spacial score (nSPS) is 11.8. The zero-order valence-corrected chi connectivity index (χ0v) is 10.8. The summed E-state index contributed by atoms with van der Waals surface area (Å²) in [6.07, 6.45) is 0. The van der Waals surface area contributed by atoms with Crippen LogP contribution in [0.25, 0.3) is 11.3 Å². The van der Waals surface area contributed by atoms with Crippen LogP contribution in [-0.2, 0) is 20.9 Å². The molecule has 5 nitrogen and oxygen atoms in total. The molecule has 0 aliphatic heterocycles. The van der Waals surface area contributed by atoms with Gasteiger partial charge in [0.25, 0.3) is 10.1 Å². The van der Waals surface area contributed by atoms with E-state index in [0.29, 0.717) is 11.5 Å². The summed E-state index contributed by atoms with van der Waals surface area (Å²) in [5.41, 5.74) is 1.38. The van der Waals surface area contributed by atoms with E-state index in [2.05, 4.69) is 5.16 Å². The standard InChI is InChI=1S/C10H11NO4S2/c1-2-17(12,13)14-6-9-5-10(15-11-9)8-3-4-16-7-8/h3-5,7H,2,6H2,1H3. The highest BCUT2D eigenvalue weighted by molar-refractivity contribution is 7.86. The molecule has 7 heteroatoms.